The normalized spacial score (nSPS) is 12.6. The number of nitrogens with zero attached hydrogens (tertiary/aromatic N) is 2. The van der Waals surface area contributed by atoms with Crippen LogP contribution in [-0.4, -0.2) is 16.3 Å². The summed E-state index contributed by atoms with van der Waals surface area (Å²) < 4.78 is 3.18. The summed E-state index contributed by atoms with van der Waals surface area (Å²) in [5.41, 5.74) is 2.46. The highest BCUT2D eigenvalue weighted by atomic mass is 127. The van der Waals surface area contributed by atoms with E-state index in [0.29, 0.717) is 0 Å². The lowest BCUT2D eigenvalue weighted by Crippen LogP contribution is -2.24. The highest BCUT2D eigenvalue weighted by molar-refractivity contribution is 14.1. The van der Waals surface area contributed by atoms with Crippen LogP contribution in [0.25, 0.3) is 0 Å². The largest absolute Gasteiger partial charge is 0.305 e. The van der Waals surface area contributed by atoms with E-state index in [-0.39, 0.29) is 6.04 Å². The first-order valence-corrected chi connectivity index (χ1v) is 6.77. The SMILES string of the molecule is CCNC(c1ccc(I)cc1)c1ccnn1C. The van der Waals surface area contributed by atoms with Gasteiger partial charge in [0.15, 0.2) is 0 Å². The van der Waals surface area contributed by atoms with Crippen molar-refractivity contribution in [1.82, 2.24) is 15.1 Å². The number of rotatable bonds is 4. The van der Waals surface area contributed by atoms with Crippen molar-refractivity contribution in [2.24, 2.45) is 7.05 Å². The van der Waals surface area contributed by atoms with Gasteiger partial charge in [-0.1, -0.05) is 19.1 Å². The average Bonchev–Trinajstić information content (AvgIpc) is 2.74. The third-order valence-electron chi connectivity index (χ3n) is 2.77. The molecule has 1 heterocycles. The van der Waals surface area contributed by atoms with Crippen LogP contribution in [0.4, 0.5) is 0 Å². The fraction of sp³-hybridized carbons (Fsp3) is 0.308. The van der Waals surface area contributed by atoms with Gasteiger partial charge < -0.3 is 5.32 Å². The van der Waals surface area contributed by atoms with Crippen LogP contribution in [0.5, 0.6) is 0 Å². The Morgan fingerprint density at radius 3 is 2.53 bits per heavy atom. The minimum Gasteiger partial charge on any atom is -0.305 e. The second-order valence-electron chi connectivity index (χ2n) is 3.92. The quantitative estimate of drug-likeness (QED) is 0.867. The van der Waals surface area contributed by atoms with Gasteiger partial charge in [0.2, 0.25) is 0 Å². The lowest BCUT2D eigenvalue weighted by Gasteiger charge is -2.18. The van der Waals surface area contributed by atoms with Gasteiger partial charge in [-0.25, -0.2) is 0 Å². The molecule has 2 aromatic rings. The molecule has 0 fully saturated rings. The molecule has 0 amide bonds. The maximum Gasteiger partial charge on any atom is 0.0748 e. The lowest BCUT2D eigenvalue weighted by molar-refractivity contribution is 0.572. The van der Waals surface area contributed by atoms with E-state index in [1.54, 1.807) is 0 Å². The summed E-state index contributed by atoms with van der Waals surface area (Å²) in [6, 6.07) is 10.9. The topological polar surface area (TPSA) is 29.9 Å². The second kappa shape index (κ2) is 5.64. The number of benzene rings is 1. The van der Waals surface area contributed by atoms with Gasteiger partial charge >= 0.3 is 0 Å². The molecular weight excluding hydrogens is 325 g/mol. The number of hydrogen-bond acceptors (Lipinski definition) is 2. The van der Waals surface area contributed by atoms with Crippen molar-refractivity contribution in [3.05, 3.63) is 51.4 Å². The number of aromatic nitrogens is 2. The van der Waals surface area contributed by atoms with Gasteiger partial charge in [0.25, 0.3) is 0 Å². The van der Waals surface area contributed by atoms with Crippen molar-refractivity contribution in [2.45, 2.75) is 13.0 Å². The average molecular weight is 341 g/mol. The molecule has 0 saturated carbocycles. The van der Waals surface area contributed by atoms with Gasteiger partial charge in [0.05, 0.1) is 11.7 Å². The predicted octanol–water partition coefficient (Wildman–Crippen LogP) is 2.72. The van der Waals surface area contributed by atoms with Crippen molar-refractivity contribution >= 4 is 22.6 Å². The van der Waals surface area contributed by atoms with E-state index in [1.807, 2.05) is 17.9 Å². The summed E-state index contributed by atoms with van der Waals surface area (Å²) in [6.45, 7) is 3.05. The minimum absolute atomic E-state index is 0.212. The molecule has 4 heteroatoms. The third-order valence-corrected chi connectivity index (χ3v) is 3.49. The molecule has 2 rings (SSSR count). The molecule has 0 saturated heterocycles. The molecule has 1 N–H and O–H groups in total. The number of aryl methyl sites for hydroxylation is 1. The van der Waals surface area contributed by atoms with E-state index in [9.17, 15) is 0 Å². The highest BCUT2D eigenvalue weighted by Gasteiger charge is 2.15. The molecule has 1 unspecified atom stereocenters. The monoisotopic (exact) mass is 341 g/mol. The zero-order valence-electron chi connectivity index (χ0n) is 10.0. The third kappa shape index (κ3) is 2.87. The number of nitrogens with one attached hydrogen (secondary N) is 1. The molecule has 0 aliphatic heterocycles. The van der Waals surface area contributed by atoms with Crippen LogP contribution in [-0.2, 0) is 7.05 Å². The van der Waals surface area contributed by atoms with E-state index in [4.69, 9.17) is 0 Å². The Bertz CT molecular complexity index is 476. The van der Waals surface area contributed by atoms with Crippen molar-refractivity contribution in [2.75, 3.05) is 6.54 Å². The molecule has 1 aromatic carbocycles. The maximum absolute atomic E-state index is 4.24. The Labute approximate surface area is 115 Å². The predicted molar refractivity (Wildman–Crippen MR) is 77.9 cm³/mol. The zero-order valence-corrected chi connectivity index (χ0v) is 12.2. The van der Waals surface area contributed by atoms with Crippen molar-refractivity contribution < 1.29 is 0 Å². The number of halogens is 1. The Hall–Kier alpha value is -0.880. The molecule has 17 heavy (non-hydrogen) atoms. The number of hydrogen-bond donors (Lipinski definition) is 1. The van der Waals surface area contributed by atoms with Gasteiger partial charge in [-0.15, -0.1) is 0 Å². The van der Waals surface area contributed by atoms with E-state index in [1.165, 1.54) is 14.8 Å². The molecule has 0 radical (unpaired) electrons. The fourth-order valence-corrected chi connectivity index (χ4v) is 2.28. The van der Waals surface area contributed by atoms with Gasteiger partial charge in [0, 0.05) is 16.8 Å². The highest BCUT2D eigenvalue weighted by Crippen LogP contribution is 2.22. The molecule has 0 spiro atoms. The molecular formula is C13H16IN3. The first-order valence-electron chi connectivity index (χ1n) is 5.69. The molecule has 1 atom stereocenters. The summed E-state index contributed by atoms with van der Waals surface area (Å²) in [5.74, 6) is 0. The van der Waals surface area contributed by atoms with Gasteiger partial charge in [-0.3, -0.25) is 4.68 Å². The molecule has 3 nitrogen and oxygen atoms in total. The van der Waals surface area contributed by atoms with Crippen LogP contribution >= 0.6 is 22.6 Å². The summed E-state index contributed by atoms with van der Waals surface area (Å²) >= 11 is 2.32. The van der Waals surface area contributed by atoms with E-state index in [2.05, 4.69) is 70.3 Å². The van der Waals surface area contributed by atoms with Crippen LogP contribution in [0.1, 0.15) is 24.2 Å². The van der Waals surface area contributed by atoms with Gasteiger partial charge in [-0.2, -0.15) is 5.10 Å². The Morgan fingerprint density at radius 1 is 1.29 bits per heavy atom. The van der Waals surface area contributed by atoms with Crippen LogP contribution in [0.3, 0.4) is 0 Å². The second-order valence-corrected chi connectivity index (χ2v) is 5.17. The van der Waals surface area contributed by atoms with E-state index in [0.717, 1.165) is 6.54 Å². The van der Waals surface area contributed by atoms with Crippen LogP contribution in [0.15, 0.2) is 36.5 Å². The van der Waals surface area contributed by atoms with Crippen molar-refractivity contribution in [3.63, 3.8) is 0 Å². The minimum atomic E-state index is 0.212. The smallest absolute Gasteiger partial charge is 0.0748 e. The van der Waals surface area contributed by atoms with Crippen LogP contribution in [0.2, 0.25) is 0 Å². The zero-order chi connectivity index (χ0) is 12.3. The van der Waals surface area contributed by atoms with E-state index < -0.39 is 0 Å². The lowest BCUT2D eigenvalue weighted by atomic mass is 10.0. The van der Waals surface area contributed by atoms with Gasteiger partial charge in [-0.05, 0) is 52.9 Å². The van der Waals surface area contributed by atoms with E-state index >= 15 is 0 Å². The Kier molecular flexibility index (Phi) is 4.17. The molecule has 0 bridgehead atoms. The van der Waals surface area contributed by atoms with Crippen molar-refractivity contribution in [3.8, 4) is 0 Å². The molecule has 0 aliphatic rings. The first-order chi connectivity index (χ1) is 8.22. The van der Waals surface area contributed by atoms with Gasteiger partial charge in [0.1, 0.15) is 0 Å². The fourth-order valence-electron chi connectivity index (χ4n) is 1.92. The summed E-state index contributed by atoms with van der Waals surface area (Å²) in [6.07, 6.45) is 1.84. The molecule has 1 aromatic heterocycles. The summed E-state index contributed by atoms with van der Waals surface area (Å²) in [4.78, 5) is 0. The van der Waals surface area contributed by atoms with Crippen LogP contribution in [0, 0.1) is 3.57 Å². The Morgan fingerprint density at radius 2 is 2.00 bits per heavy atom. The van der Waals surface area contributed by atoms with Crippen molar-refractivity contribution in [1.29, 1.82) is 0 Å². The summed E-state index contributed by atoms with van der Waals surface area (Å²) in [5, 5.41) is 7.74. The van der Waals surface area contributed by atoms with Crippen LogP contribution < -0.4 is 5.32 Å². The molecule has 90 valence electrons. The summed E-state index contributed by atoms with van der Waals surface area (Å²) in [7, 11) is 1.98. The Balaban J connectivity index is 2.35. The maximum atomic E-state index is 4.24. The molecule has 0 aliphatic carbocycles. The first kappa shape index (κ1) is 12.6. The standard InChI is InChI=1S/C13H16IN3/c1-3-15-13(12-8-9-16-17(12)2)10-4-6-11(14)7-5-10/h4-9,13,15H,3H2,1-2H3.